The van der Waals surface area contributed by atoms with Gasteiger partial charge in [0.2, 0.25) is 0 Å². The summed E-state index contributed by atoms with van der Waals surface area (Å²) in [6.07, 6.45) is 11.4. The summed E-state index contributed by atoms with van der Waals surface area (Å²) in [5.74, 6) is 0.903. The second-order valence-electron chi connectivity index (χ2n) is 6.25. The van der Waals surface area contributed by atoms with Crippen LogP contribution < -0.4 is 5.32 Å². The Hall–Kier alpha value is -0.0800. The topological polar surface area (TPSA) is 15.3 Å². The predicted molar refractivity (Wildman–Crippen MR) is 74.3 cm³/mol. The van der Waals surface area contributed by atoms with Crippen LogP contribution in [0.3, 0.4) is 0 Å². The van der Waals surface area contributed by atoms with Crippen molar-refractivity contribution in [2.75, 3.05) is 20.1 Å². The van der Waals surface area contributed by atoms with Gasteiger partial charge in [0.15, 0.2) is 0 Å². The summed E-state index contributed by atoms with van der Waals surface area (Å²) in [6.45, 7) is 4.85. The Bertz CT molecular complexity index is 211. The summed E-state index contributed by atoms with van der Waals surface area (Å²) < 4.78 is 0. The fraction of sp³-hybridized carbons (Fsp3) is 1.00. The Labute approximate surface area is 107 Å². The maximum absolute atomic E-state index is 3.72. The highest BCUT2D eigenvalue weighted by Gasteiger charge is 2.24. The monoisotopic (exact) mass is 238 g/mol. The molecule has 2 fully saturated rings. The van der Waals surface area contributed by atoms with Crippen molar-refractivity contribution in [1.82, 2.24) is 10.2 Å². The van der Waals surface area contributed by atoms with Crippen LogP contribution in [0.5, 0.6) is 0 Å². The molecular weight excluding hydrogens is 208 g/mol. The van der Waals surface area contributed by atoms with E-state index in [2.05, 4.69) is 24.2 Å². The molecule has 0 spiro atoms. The lowest BCUT2D eigenvalue weighted by Crippen LogP contribution is -2.43. The van der Waals surface area contributed by atoms with Crippen molar-refractivity contribution in [2.45, 2.75) is 70.4 Å². The van der Waals surface area contributed by atoms with E-state index < -0.39 is 0 Å². The van der Waals surface area contributed by atoms with Gasteiger partial charge in [-0.25, -0.2) is 0 Å². The summed E-state index contributed by atoms with van der Waals surface area (Å²) in [5, 5.41) is 3.72. The minimum absolute atomic E-state index is 0.826. The SMILES string of the molecule is CC1CCCCC1N(C)CCNC1CCCC1. The van der Waals surface area contributed by atoms with Gasteiger partial charge in [-0.05, 0) is 38.6 Å². The molecule has 0 amide bonds. The lowest BCUT2D eigenvalue weighted by atomic mass is 9.85. The number of rotatable bonds is 5. The number of nitrogens with one attached hydrogen (secondary N) is 1. The summed E-state index contributed by atoms with van der Waals surface area (Å²) >= 11 is 0. The lowest BCUT2D eigenvalue weighted by molar-refractivity contribution is 0.139. The molecule has 2 atom stereocenters. The number of likely N-dealkylation sites (N-methyl/N-ethyl adjacent to an activating group) is 1. The molecule has 2 saturated carbocycles. The predicted octanol–water partition coefficient (Wildman–Crippen LogP) is 3.03. The molecule has 2 aliphatic rings. The van der Waals surface area contributed by atoms with Crippen molar-refractivity contribution < 1.29 is 0 Å². The van der Waals surface area contributed by atoms with Crippen molar-refractivity contribution >= 4 is 0 Å². The first-order valence-corrected chi connectivity index (χ1v) is 7.71. The van der Waals surface area contributed by atoms with E-state index in [1.165, 1.54) is 64.5 Å². The van der Waals surface area contributed by atoms with E-state index in [1.807, 2.05) is 0 Å². The molecule has 0 aromatic rings. The maximum atomic E-state index is 3.72. The Morgan fingerprint density at radius 3 is 2.35 bits per heavy atom. The molecular formula is C15H30N2. The molecule has 0 aromatic carbocycles. The second kappa shape index (κ2) is 6.75. The molecule has 0 heterocycles. The van der Waals surface area contributed by atoms with E-state index in [1.54, 1.807) is 0 Å². The van der Waals surface area contributed by atoms with E-state index >= 15 is 0 Å². The molecule has 2 aliphatic carbocycles. The zero-order chi connectivity index (χ0) is 12.1. The highest BCUT2D eigenvalue weighted by atomic mass is 15.1. The Morgan fingerprint density at radius 1 is 1.00 bits per heavy atom. The second-order valence-corrected chi connectivity index (χ2v) is 6.25. The molecule has 1 N–H and O–H groups in total. The number of hydrogen-bond donors (Lipinski definition) is 1. The van der Waals surface area contributed by atoms with Crippen LogP contribution in [0.25, 0.3) is 0 Å². The third-order valence-corrected chi connectivity index (χ3v) is 4.89. The van der Waals surface area contributed by atoms with Crippen molar-refractivity contribution in [3.8, 4) is 0 Å². The van der Waals surface area contributed by atoms with Gasteiger partial charge < -0.3 is 10.2 Å². The van der Waals surface area contributed by atoms with Gasteiger partial charge in [-0.15, -0.1) is 0 Å². The molecule has 2 unspecified atom stereocenters. The molecule has 0 bridgehead atoms. The highest BCUT2D eigenvalue weighted by Crippen LogP contribution is 2.27. The van der Waals surface area contributed by atoms with Gasteiger partial charge in [0.05, 0.1) is 0 Å². The van der Waals surface area contributed by atoms with Crippen molar-refractivity contribution in [1.29, 1.82) is 0 Å². The quantitative estimate of drug-likeness (QED) is 0.792. The molecule has 0 aliphatic heterocycles. The lowest BCUT2D eigenvalue weighted by Gasteiger charge is -2.36. The molecule has 0 saturated heterocycles. The minimum atomic E-state index is 0.826. The van der Waals surface area contributed by atoms with Crippen LogP contribution >= 0.6 is 0 Å². The van der Waals surface area contributed by atoms with Crippen LogP contribution in [-0.4, -0.2) is 37.1 Å². The van der Waals surface area contributed by atoms with E-state index in [9.17, 15) is 0 Å². The Morgan fingerprint density at radius 2 is 1.65 bits per heavy atom. The smallest absolute Gasteiger partial charge is 0.0118 e. The van der Waals surface area contributed by atoms with E-state index in [4.69, 9.17) is 0 Å². The van der Waals surface area contributed by atoms with Crippen LogP contribution in [0, 0.1) is 5.92 Å². The van der Waals surface area contributed by atoms with Gasteiger partial charge in [-0.1, -0.05) is 32.6 Å². The van der Waals surface area contributed by atoms with E-state index in [0.29, 0.717) is 0 Å². The standard InChI is InChI=1S/C15H30N2/c1-13-7-3-6-10-15(13)17(2)12-11-16-14-8-4-5-9-14/h13-16H,3-12H2,1-2H3. The van der Waals surface area contributed by atoms with Crippen molar-refractivity contribution in [2.24, 2.45) is 5.92 Å². The number of hydrogen-bond acceptors (Lipinski definition) is 2. The average molecular weight is 238 g/mol. The highest BCUT2D eigenvalue weighted by molar-refractivity contribution is 4.80. The molecule has 0 radical (unpaired) electrons. The molecule has 2 rings (SSSR count). The van der Waals surface area contributed by atoms with Gasteiger partial charge in [0.25, 0.3) is 0 Å². The zero-order valence-corrected chi connectivity index (χ0v) is 11.8. The van der Waals surface area contributed by atoms with Crippen molar-refractivity contribution in [3.63, 3.8) is 0 Å². The van der Waals surface area contributed by atoms with Crippen LogP contribution in [-0.2, 0) is 0 Å². The maximum Gasteiger partial charge on any atom is 0.0118 e. The summed E-state index contributed by atoms with van der Waals surface area (Å²) in [6, 6.07) is 1.67. The van der Waals surface area contributed by atoms with Gasteiger partial charge in [0, 0.05) is 25.2 Å². The summed E-state index contributed by atoms with van der Waals surface area (Å²) in [4.78, 5) is 2.60. The molecule has 2 nitrogen and oxygen atoms in total. The average Bonchev–Trinajstić information content (AvgIpc) is 2.82. The molecule has 100 valence electrons. The molecule has 0 aromatic heterocycles. The van der Waals surface area contributed by atoms with E-state index in [-0.39, 0.29) is 0 Å². The van der Waals surface area contributed by atoms with Crippen LogP contribution in [0.15, 0.2) is 0 Å². The van der Waals surface area contributed by atoms with E-state index in [0.717, 1.165) is 18.0 Å². The first-order valence-electron chi connectivity index (χ1n) is 7.71. The van der Waals surface area contributed by atoms with Crippen molar-refractivity contribution in [3.05, 3.63) is 0 Å². The Kier molecular flexibility index (Phi) is 5.30. The van der Waals surface area contributed by atoms with Gasteiger partial charge in [-0.2, -0.15) is 0 Å². The third kappa shape index (κ3) is 3.96. The van der Waals surface area contributed by atoms with Gasteiger partial charge in [0.1, 0.15) is 0 Å². The van der Waals surface area contributed by atoms with Crippen LogP contribution in [0.4, 0.5) is 0 Å². The van der Waals surface area contributed by atoms with Crippen LogP contribution in [0.2, 0.25) is 0 Å². The van der Waals surface area contributed by atoms with Gasteiger partial charge in [-0.3, -0.25) is 0 Å². The summed E-state index contributed by atoms with van der Waals surface area (Å²) in [5.41, 5.74) is 0. The van der Waals surface area contributed by atoms with Crippen LogP contribution in [0.1, 0.15) is 58.3 Å². The fourth-order valence-electron chi connectivity index (χ4n) is 3.69. The first kappa shape index (κ1) is 13.4. The summed E-state index contributed by atoms with van der Waals surface area (Å²) in [7, 11) is 2.32. The Balaban J connectivity index is 1.63. The minimum Gasteiger partial charge on any atom is -0.313 e. The molecule has 2 heteroatoms. The zero-order valence-electron chi connectivity index (χ0n) is 11.8. The molecule has 17 heavy (non-hydrogen) atoms. The van der Waals surface area contributed by atoms with Gasteiger partial charge >= 0.3 is 0 Å². The first-order chi connectivity index (χ1) is 8.27. The largest absolute Gasteiger partial charge is 0.313 e. The normalized spacial score (nSPS) is 31.2. The number of nitrogens with zero attached hydrogens (tertiary/aromatic N) is 1. The fourth-order valence-corrected chi connectivity index (χ4v) is 3.69. The third-order valence-electron chi connectivity index (χ3n) is 4.89.